The van der Waals surface area contributed by atoms with Crippen molar-refractivity contribution in [3.63, 3.8) is 0 Å². The molecular formula is C19H15Cl2FN6O2. The Morgan fingerprint density at radius 1 is 1.30 bits per heavy atom. The molecule has 0 unspecified atom stereocenters. The molecule has 3 N–H and O–H groups in total. The van der Waals surface area contributed by atoms with Gasteiger partial charge in [0.05, 0.1) is 16.2 Å². The molecule has 4 rings (SSSR count). The molecule has 0 saturated carbocycles. The van der Waals surface area contributed by atoms with E-state index in [1.165, 1.54) is 29.3 Å². The van der Waals surface area contributed by atoms with Crippen LogP contribution in [0.25, 0.3) is 22.2 Å². The quantitative estimate of drug-likeness (QED) is 0.464. The molecule has 3 heterocycles. The Morgan fingerprint density at radius 3 is 2.73 bits per heavy atom. The SMILES string of the molecule is C[C@@H](Oc1cc(F)c2[nH]nc(-c3cnn(CC(N)=O)c3)c2c1)c1c(Cl)cncc1Cl. The molecule has 0 bridgehead atoms. The van der Waals surface area contributed by atoms with Gasteiger partial charge in [-0.3, -0.25) is 19.6 Å². The first-order chi connectivity index (χ1) is 14.3. The molecule has 1 aromatic carbocycles. The summed E-state index contributed by atoms with van der Waals surface area (Å²) in [4.78, 5) is 15.0. The maximum Gasteiger partial charge on any atom is 0.239 e. The predicted octanol–water partition coefficient (Wildman–Crippen LogP) is 3.89. The molecule has 0 radical (unpaired) electrons. The van der Waals surface area contributed by atoms with E-state index in [4.69, 9.17) is 33.7 Å². The fourth-order valence-corrected chi connectivity index (χ4v) is 3.82. The van der Waals surface area contributed by atoms with E-state index in [2.05, 4.69) is 20.3 Å². The van der Waals surface area contributed by atoms with Gasteiger partial charge in [-0.05, 0) is 13.0 Å². The van der Waals surface area contributed by atoms with Gasteiger partial charge in [-0.1, -0.05) is 23.2 Å². The van der Waals surface area contributed by atoms with Crippen LogP contribution in [0.5, 0.6) is 5.75 Å². The third kappa shape index (κ3) is 3.81. The highest BCUT2D eigenvalue weighted by Gasteiger charge is 2.19. The standard InChI is InChI=1S/C19H15Cl2FN6O2/c1-9(17-13(20)5-24-6-14(17)21)30-11-2-12-18(26-27-19(12)15(22)3-11)10-4-25-28(7-10)8-16(23)29/h2-7,9H,8H2,1H3,(H2,23,29)(H,26,27)/t9-/m1/s1. The second-order valence-electron chi connectivity index (χ2n) is 6.57. The Morgan fingerprint density at radius 2 is 2.03 bits per heavy atom. The van der Waals surface area contributed by atoms with Gasteiger partial charge in [0.15, 0.2) is 5.82 Å². The number of amides is 1. The number of H-pyrrole nitrogens is 1. The summed E-state index contributed by atoms with van der Waals surface area (Å²) in [6.45, 7) is 1.68. The minimum Gasteiger partial charge on any atom is -0.486 e. The molecule has 0 aliphatic rings. The van der Waals surface area contributed by atoms with Crippen molar-refractivity contribution in [3.05, 3.63) is 58.3 Å². The number of aromatic nitrogens is 5. The molecule has 30 heavy (non-hydrogen) atoms. The van der Waals surface area contributed by atoms with E-state index in [0.29, 0.717) is 32.3 Å². The molecule has 0 fully saturated rings. The van der Waals surface area contributed by atoms with Crippen molar-refractivity contribution < 1.29 is 13.9 Å². The Kier molecular flexibility index (Phi) is 5.31. The lowest BCUT2D eigenvalue weighted by Gasteiger charge is -2.17. The summed E-state index contributed by atoms with van der Waals surface area (Å²) < 4.78 is 22.0. The average Bonchev–Trinajstić information content (AvgIpc) is 3.28. The van der Waals surface area contributed by atoms with Crippen molar-refractivity contribution in [3.8, 4) is 17.0 Å². The number of nitrogens with zero attached hydrogens (tertiary/aromatic N) is 4. The van der Waals surface area contributed by atoms with Crippen LogP contribution in [0, 0.1) is 5.82 Å². The van der Waals surface area contributed by atoms with Crippen LogP contribution in [0.1, 0.15) is 18.6 Å². The number of benzene rings is 1. The monoisotopic (exact) mass is 448 g/mol. The van der Waals surface area contributed by atoms with Crippen LogP contribution in [-0.4, -0.2) is 30.9 Å². The van der Waals surface area contributed by atoms with Crippen LogP contribution in [-0.2, 0) is 11.3 Å². The summed E-state index contributed by atoms with van der Waals surface area (Å²) in [6, 6.07) is 2.91. The number of pyridine rings is 1. The second kappa shape index (κ2) is 7.92. The molecule has 1 atom stereocenters. The van der Waals surface area contributed by atoms with Gasteiger partial charge in [0.2, 0.25) is 5.91 Å². The van der Waals surface area contributed by atoms with Crippen molar-refractivity contribution in [2.45, 2.75) is 19.6 Å². The predicted molar refractivity (Wildman–Crippen MR) is 110 cm³/mol. The molecule has 0 aliphatic heterocycles. The lowest BCUT2D eigenvalue weighted by molar-refractivity contribution is -0.118. The molecule has 0 aliphatic carbocycles. The van der Waals surface area contributed by atoms with E-state index in [1.54, 1.807) is 19.2 Å². The molecule has 0 spiro atoms. The van der Waals surface area contributed by atoms with Gasteiger partial charge in [0.25, 0.3) is 0 Å². The van der Waals surface area contributed by atoms with Gasteiger partial charge in [0.1, 0.15) is 29.6 Å². The zero-order chi connectivity index (χ0) is 21.4. The van der Waals surface area contributed by atoms with Crippen molar-refractivity contribution in [2.75, 3.05) is 0 Å². The fourth-order valence-electron chi connectivity index (χ4n) is 3.15. The third-order valence-electron chi connectivity index (χ3n) is 4.43. The lowest BCUT2D eigenvalue weighted by atomic mass is 10.1. The van der Waals surface area contributed by atoms with E-state index in [0.717, 1.165) is 0 Å². The summed E-state index contributed by atoms with van der Waals surface area (Å²) in [5.74, 6) is -0.797. The van der Waals surface area contributed by atoms with Crippen LogP contribution in [0.3, 0.4) is 0 Å². The number of hydrogen-bond acceptors (Lipinski definition) is 5. The number of nitrogens with two attached hydrogens (primary N) is 1. The van der Waals surface area contributed by atoms with Gasteiger partial charge >= 0.3 is 0 Å². The van der Waals surface area contributed by atoms with Gasteiger partial charge in [-0.2, -0.15) is 10.2 Å². The molecule has 8 nitrogen and oxygen atoms in total. The van der Waals surface area contributed by atoms with Crippen LogP contribution in [0.15, 0.2) is 36.9 Å². The number of halogens is 3. The zero-order valence-electron chi connectivity index (χ0n) is 15.6. The molecule has 4 aromatic rings. The van der Waals surface area contributed by atoms with E-state index in [1.807, 2.05) is 0 Å². The number of aromatic amines is 1. The molecular weight excluding hydrogens is 434 g/mol. The van der Waals surface area contributed by atoms with Gasteiger partial charge < -0.3 is 10.5 Å². The highest BCUT2D eigenvalue weighted by Crippen LogP contribution is 2.35. The van der Waals surface area contributed by atoms with Gasteiger partial charge in [-0.25, -0.2) is 4.39 Å². The molecule has 0 saturated heterocycles. The highest BCUT2D eigenvalue weighted by atomic mass is 35.5. The summed E-state index contributed by atoms with van der Waals surface area (Å²) >= 11 is 12.4. The van der Waals surface area contributed by atoms with E-state index in [-0.39, 0.29) is 17.8 Å². The first kappa shape index (κ1) is 20.1. The van der Waals surface area contributed by atoms with E-state index >= 15 is 0 Å². The number of fused-ring (bicyclic) bond motifs is 1. The Bertz CT molecular complexity index is 1240. The number of carbonyl (C=O) groups excluding carboxylic acids is 1. The van der Waals surface area contributed by atoms with Crippen molar-refractivity contribution in [1.82, 2.24) is 25.0 Å². The van der Waals surface area contributed by atoms with Crippen LogP contribution >= 0.6 is 23.2 Å². The number of nitrogens with one attached hydrogen (secondary N) is 1. The van der Waals surface area contributed by atoms with Gasteiger partial charge in [0, 0.05) is 41.2 Å². The zero-order valence-corrected chi connectivity index (χ0v) is 17.1. The van der Waals surface area contributed by atoms with Crippen LogP contribution in [0.2, 0.25) is 10.0 Å². The van der Waals surface area contributed by atoms with Gasteiger partial charge in [-0.15, -0.1) is 0 Å². The maximum absolute atomic E-state index is 14.7. The van der Waals surface area contributed by atoms with Crippen LogP contribution < -0.4 is 10.5 Å². The average molecular weight is 449 g/mol. The Labute approximate surface area is 179 Å². The molecule has 1 amide bonds. The first-order valence-electron chi connectivity index (χ1n) is 8.77. The normalized spacial score (nSPS) is 12.3. The molecule has 3 aromatic heterocycles. The number of hydrogen-bond donors (Lipinski definition) is 2. The van der Waals surface area contributed by atoms with Crippen molar-refractivity contribution in [1.29, 1.82) is 0 Å². The number of ether oxygens (including phenoxy) is 1. The van der Waals surface area contributed by atoms with Crippen molar-refractivity contribution in [2.24, 2.45) is 5.73 Å². The summed E-state index contributed by atoms with van der Waals surface area (Å²) in [5.41, 5.74) is 7.00. The smallest absolute Gasteiger partial charge is 0.239 e. The number of rotatable bonds is 6. The second-order valence-corrected chi connectivity index (χ2v) is 7.38. The minimum absolute atomic E-state index is 0.0734. The number of primary amides is 1. The summed E-state index contributed by atoms with van der Waals surface area (Å²) in [7, 11) is 0. The third-order valence-corrected chi connectivity index (χ3v) is 5.04. The Hall–Kier alpha value is -3.17. The van der Waals surface area contributed by atoms with Crippen molar-refractivity contribution >= 4 is 40.0 Å². The summed E-state index contributed by atoms with van der Waals surface area (Å²) in [6.07, 6.45) is 5.49. The number of carbonyl (C=O) groups is 1. The molecule has 154 valence electrons. The Balaban J connectivity index is 1.70. The first-order valence-corrected chi connectivity index (χ1v) is 9.53. The fraction of sp³-hybridized carbons (Fsp3) is 0.158. The topological polar surface area (TPSA) is 112 Å². The highest BCUT2D eigenvalue weighted by molar-refractivity contribution is 6.35. The minimum atomic E-state index is -0.557. The molecule has 11 heteroatoms. The van der Waals surface area contributed by atoms with E-state index < -0.39 is 17.8 Å². The van der Waals surface area contributed by atoms with E-state index in [9.17, 15) is 9.18 Å². The maximum atomic E-state index is 14.7. The van der Waals surface area contributed by atoms with Crippen LogP contribution in [0.4, 0.5) is 4.39 Å². The lowest BCUT2D eigenvalue weighted by Crippen LogP contribution is -2.18. The summed E-state index contributed by atoms with van der Waals surface area (Å²) in [5, 5.41) is 12.1. The largest absolute Gasteiger partial charge is 0.486 e.